The van der Waals surface area contributed by atoms with Crippen LogP contribution in [0.2, 0.25) is 0 Å². The lowest BCUT2D eigenvalue weighted by molar-refractivity contribution is 0.0575. The molecular weight excluding hydrogens is 182 g/mol. The molecule has 86 valence electrons. The SMILES string of the molecule is CCCNC1C(C)C2C=CC1C(C)C2C. The van der Waals surface area contributed by atoms with E-state index in [4.69, 9.17) is 0 Å². The van der Waals surface area contributed by atoms with Gasteiger partial charge in [-0.15, -0.1) is 0 Å². The van der Waals surface area contributed by atoms with Gasteiger partial charge in [-0.2, -0.15) is 0 Å². The number of nitrogens with one attached hydrogen (secondary N) is 1. The van der Waals surface area contributed by atoms with E-state index in [2.05, 4.69) is 45.2 Å². The summed E-state index contributed by atoms with van der Waals surface area (Å²) in [5, 5.41) is 3.75. The van der Waals surface area contributed by atoms with Gasteiger partial charge in [-0.25, -0.2) is 0 Å². The molecule has 0 heterocycles. The Bertz CT molecular complexity index is 246. The summed E-state index contributed by atoms with van der Waals surface area (Å²) in [6.07, 6.45) is 6.20. The topological polar surface area (TPSA) is 12.0 Å². The summed E-state index contributed by atoms with van der Waals surface area (Å²) in [4.78, 5) is 0. The van der Waals surface area contributed by atoms with Crippen molar-refractivity contribution in [3.05, 3.63) is 12.2 Å². The van der Waals surface area contributed by atoms with E-state index in [1.807, 2.05) is 0 Å². The number of hydrogen-bond acceptors (Lipinski definition) is 1. The quantitative estimate of drug-likeness (QED) is 0.701. The number of fused-ring (bicyclic) bond motifs is 2. The predicted molar refractivity (Wildman–Crippen MR) is 65.7 cm³/mol. The molecule has 1 N–H and O–H groups in total. The van der Waals surface area contributed by atoms with Crippen LogP contribution in [0.4, 0.5) is 0 Å². The van der Waals surface area contributed by atoms with Gasteiger partial charge in [0.15, 0.2) is 0 Å². The minimum Gasteiger partial charge on any atom is -0.313 e. The second kappa shape index (κ2) is 4.29. The van der Waals surface area contributed by atoms with Crippen molar-refractivity contribution in [2.45, 2.75) is 40.2 Å². The zero-order valence-corrected chi connectivity index (χ0v) is 10.5. The fourth-order valence-electron chi connectivity index (χ4n) is 3.63. The lowest BCUT2D eigenvalue weighted by Crippen LogP contribution is -2.54. The molecule has 3 aliphatic rings. The monoisotopic (exact) mass is 207 g/mol. The van der Waals surface area contributed by atoms with Crippen LogP contribution in [-0.4, -0.2) is 12.6 Å². The Morgan fingerprint density at radius 3 is 2.20 bits per heavy atom. The average Bonchev–Trinajstić information content (AvgIpc) is 2.23. The molecule has 6 atom stereocenters. The molecule has 0 saturated heterocycles. The van der Waals surface area contributed by atoms with Crippen molar-refractivity contribution in [1.82, 2.24) is 5.32 Å². The van der Waals surface area contributed by atoms with Crippen LogP contribution in [0.25, 0.3) is 0 Å². The molecule has 1 saturated carbocycles. The highest BCUT2D eigenvalue weighted by molar-refractivity contribution is 5.15. The molecule has 1 nitrogen and oxygen atoms in total. The summed E-state index contributed by atoms with van der Waals surface area (Å²) in [6, 6.07) is 0.728. The first-order valence-electron chi connectivity index (χ1n) is 6.58. The fraction of sp³-hybridized carbons (Fsp3) is 0.857. The normalized spacial score (nSPS) is 48.5. The maximum atomic E-state index is 3.75. The first kappa shape index (κ1) is 11.2. The molecular formula is C14H25N. The molecule has 0 amide bonds. The fourth-order valence-corrected chi connectivity index (χ4v) is 3.63. The van der Waals surface area contributed by atoms with Gasteiger partial charge in [-0.1, -0.05) is 39.8 Å². The van der Waals surface area contributed by atoms with E-state index in [0.717, 1.165) is 35.6 Å². The van der Waals surface area contributed by atoms with Gasteiger partial charge in [0.25, 0.3) is 0 Å². The van der Waals surface area contributed by atoms with Gasteiger partial charge < -0.3 is 5.32 Å². The van der Waals surface area contributed by atoms with Gasteiger partial charge in [-0.05, 0) is 42.6 Å². The van der Waals surface area contributed by atoms with E-state index in [0.29, 0.717) is 0 Å². The highest BCUT2D eigenvalue weighted by Crippen LogP contribution is 2.47. The molecule has 15 heavy (non-hydrogen) atoms. The average molecular weight is 207 g/mol. The van der Waals surface area contributed by atoms with Crippen molar-refractivity contribution < 1.29 is 0 Å². The maximum Gasteiger partial charge on any atom is 0.0164 e. The molecule has 0 aromatic heterocycles. The second-order valence-electron chi connectivity index (χ2n) is 5.60. The maximum absolute atomic E-state index is 3.75. The lowest BCUT2D eigenvalue weighted by Gasteiger charge is -2.51. The van der Waals surface area contributed by atoms with Gasteiger partial charge in [-0.3, -0.25) is 0 Å². The Morgan fingerprint density at radius 1 is 0.933 bits per heavy atom. The van der Waals surface area contributed by atoms with Crippen molar-refractivity contribution >= 4 is 0 Å². The molecule has 3 rings (SSSR count). The van der Waals surface area contributed by atoms with E-state index in [9.17, 15) is 0 Å². The summed E-state index contributed by atoms with van der Waals surface area (Å²) < 4.78 is 0. The Hall–Kier alpha value is -0.300. The summed E-state index contributed by atoms with van der Waals surface area (Å²) in [5.41, 5.74) is 0. The Kier molecular flexibility index (Phi) is 3.20. The van der Waals surface area contributed by atoms with Crippen molar-refractivity contribution in [3.63, 3.8) is 0 Å². The molecule has 0 aromatic carbocycles. The summed E-state index contributed by atoms with van der Waals surface area (Å²) in [7, 11) is 0. The number of allylic oxidation sites excluding steroid dienone is 1. The third-order valence-electron chi connectivity index (χ3n) is 4.82. The Morgan fingerprint density at radius 2 is 1.53 bits per heavy atom. The molecule has 6 unspecified atom stereocenters. The highest BCUT2D eigenvalue weighted by atomic mass is 14.9. The van der Waals surface area contributed by atoms with Crippen LogP contribution in [-0.2, 0) is 0 Å². The zero-order chi connectivity index (χ0) is 11.0. The van der Waals surface area contributed by atoms with Crippen LogP contribution in [0.15, 0.2) is 12.2 Å². The summed E-state index contributed by atoms with van der Waals surface area (Å²) in [5.74, 6) is 4.11. The second-order valence-corrected chi connectivity index (χ2v) is 5.60. The molecule has 0 aliphatic heterocycles. The standard InChI is InChI=1S/C14H25N/c1-5-8-15-14-11(4)12-6-7-13(14)10(3)9(12)2/h6-7,9-15H,5,8H2,1-4H3. The number of rotatable bonds is 3. The van der Waals surface area contributed by atoms with E-state index < -0.39 is 0 Å². The minimum absolute atomic E-state index is 0.728. The predicted octanol–water partition coefficient (Wildman–Crippen LogP) is 3.08. The van der Waals surface area contributed by atoms with Gasteiger partial charge in [0.2, 0.25) is 0 Å². The van der Waals surface area contributed by atoms with Gasteiger partial charge in [0, 0.05) is 6.04 Å². The van der Waals surface area contributed by atoms with Crippen molar-refractivity contribution in [2.75, 3.05) is 6.54 Å². The Labute approximate surface area is 94.3 Å². The molecule has 0 aromatic rings. The van der Waals surface area contributed by atoms with Gasteiger partial charge in [0.05, 0.1) is 0 Å². The van der Waals surface area contributed by atoms with E-state index in [-0.39, 0.29) is 0 Å². The van der Waals surface area contributed by atoms with Crippen molar-refractivity contribution in [3.8, 4) is 0 Å². The van der Waals surface area contributed by atoms with Crippen molar-refractivity contribution in [1.29, 1.82) is 0 Å². The molecule has 1 fully saturated rings. The first-order valence-corrected chi connectivity index (χ1v) is 6.58. The van der Waals surface area contributed by atoms with Gasteiger partial charge >= 0.3 is 0 Å². The van der Waals surface area contributed by atoms with Crippen LogP contribution in [0.1, 0.15) is 34.1 Å². The van der Waals surface area contributed by atoms with Gasteiger partial charge in [0.1, 0.15) is 0 Å². The smallest absolute Gasteiger partial charge is 0.0164 e. The van der Waals surface area contributed by atoms with Crippen LogP contribution in [0.3, 0.4) is 0 Å². The van der Waals surface area contributed by atoms with E-state index in [1.165, 1.54) is 13.0 Å². The van der Waals surface area contributed by atoms with E-state index in [1.54, 1.807) is 0 Å². The lowest BCUT2D eigenvalue weighted by atomic mass is 9.57. The molecule has 0 spiro atoms. The van der Waals surface area contributed by atoms with Crippen LogP contribution >= 0.6 is 0 Å². The molecule has 2 bridgehead atoms. The van der Waals surface area contributed by atoms with E-state index >= 15 is 0 Å². The largest absolute Gasteiger partial charge is 0.313 e. The highest BCUT2D eigenvalue weighted by Gasteiger charge is 2.45. The summed E-state index contributed by atoms with van der Waals surface area (Å²) >= 11 is 0. The Balaban J connectivity index is 2.12. The third kappa shape index (κ3) is 1.75. The van der Waals surface area contributed by atoms with Crippen LogP contribution in [0.5, 0.6) is 0 Å². The zero-order valence-electron chi connectivity index (χ0n) is 10.5. The third-order valence-corrected chi connectivity index (χ3v) is 4.82. The molecule has 1 heteroatoms. The minimum atomic E-state index is 0.728. The number of hydrogen-bond donors (Lipinski definition) is 1. The van der Waals surface area contributed by atoms with Crippen molar-refractivity contribution in [2.24, 2.45) is 29.6 Å². The van der Waals surface area contributed by atoms with Crippen LogP contribution < -0.4 is 5.32 Å². The summed E-state index contributed by atoms with van der Waals surface area (Å²) in [6.45, 7) is 10.7. The molecule has 0 radical (unpaired) electrons. The first-order chi connectivity index (χ1) is 7.16. The van der Waals surface area contributed by atoms with Crippen LogP contribution in [0, 0.1) is 29.6 Å². The molecule has 3 aliphatic carbocycles.